The van der Waals surface area contributed by atoms with Gasteiger partial charge in [-0.05, 0) is 44.2 Å². The number of hydrogen-bond acceptors (Lipinski definition) is 2. The van der Waals surface area contributed by atoms with Crippen molar-refractivity contribution in [2.24, 2.45) is 0 Å². The van der Waals surface area contributed by atoms with Crippen LogP contribution in [0.4, 0.5) is 4.39 Å². The van der Waals surface area contributed by atoms with Crippen LogP contribution in [0.15, 0.2) is 30.3 Å². The molecule has 1 aromatic carbocycles. The van der Waals surface area contributed by atoms with Crippen molar-refractivity contribution in [3.8, 4) is 11.3 Å². The first-order valence-corrected chi connectivity index (χ1v) is 5.99. The van der Waals surface area contributed by atoms with Crippen LogP contribution in [-0.2, 0) is 16.9 Å². The van der Waals surface area contributed by atoms with Crippen molar-refractivity contribution in [3.63, 3.8) is 0 Å². The van der Waals surface area contributed by atoms with Gasteiger partial charge in [0, 0.05) is 5.56 Å². The van der Waals surface area contributed by atoms with Gasteiger partial charge in [0.1, 0.15) is 5.82 Å². The number of halogens is 1. The van der Waals surface area contributed by atoms with E-state index in [1.54, 1.807) is 12.1 Å². The lowest BCUT2D eigenvalue weighted by molar-refractivity contribution is 0.0134. The van der Waals surface area contributed by atoms with Gasteiger partial charge in [-0.2, -0.15) is 5.10 Å². The predicted octanol–water partition coefficient (Wildman–Crippen LogP) is 2.95. The van der Waals surface area contributed by atoms with E-state index in [1.165, 1.54) is 12.1 Å². The summed E-state index contributed by atoms with van der Waals surface area (Å²) < 4.78 is 20.5. The monoisotopic (exact) mass is 246 g/mol. The van der Waals surface area contributed by atoms with Crippen molar-refractivity contribution in [3.05, 3.63) is 41.8 Å². The van der Waals surface area contributed by atoms with Crippen LogP contribution in [0.1, 0.15) is 19.5 Å². The first-order chi connectivity index (χ1) is 8.56. The first kappa shape index (κ1) is 11.4. The molecule has 0 amide bonds. The molecule has 0 N–H and O–H groups in total. The summed E-state index contributed by atoms with van der Waals surface area (Å²) in [5.74, 6) is -0.230. The standard InChI is InChI=1S/C14H15FN2O/c1-14(2)9-18-8-12-7-13(16-17(12)14)10-3-5-11(15)6-4-10/h3-7H,8-9H2,1-2H3. The average Bonchev–Trinajstić information content (AvgIpc) is 2.75. The lowest BCUT2D eigenvalue weighted by atomic mass is 10.1. The molecule has 0 bridgehead atoms. The van der Waals surface area contributed by atoms with Gasteiger partial charge in [-0.1, -0.05) is 0 Å². The molecular weight excluding hydrogens is 231 g/mol. The molecule has 2 heterocycles. The van der Waals surface area contributed by atoms with Crippen LogP contribution in [0.25, 0.3) is 11.3 Å². The lowest BCUT2D eigenvalue weighted by Crippen LogP contribution is -2.38. The van der Waals surface area contributed by atoms with Crippen molar-refractivity contribution in [2.45, 2.75) is 26.0 Å². The topological polar surface area (TPSA) is 27.1 Å². The smallest absolute Gasteiger partial charge is 0.123 e. The highest BCUT2D eigenvalue weighted by molar-refractivity contribution is 5.59. The molecule has 0 fully saturated rings. The summed E-state index contributed by atoms with van der Waals surface area (Å²) in [6.45, 7) is 5.43. The minimum Gasteiger partial charge on any atom is -0.373 e. The Labute approximate surface area is 105 Å². The van der Waals surface area contributed by atoms with E-state index in [0.29, 0.717) is 13.2 Å². The van der Waals surface area contributed by atoms with Gasteiger partial charge >= 0.3 is 0 Å². The second-order valence-electron chi connectivity index (χ2n) is 5.24. The number of aromatic nitrogens is 2. The summed E-state index contributed by atoms with van der Waals surface area (Å²) in [5, 5.41) is 4.62. The lowest BCUT2D eigenvalue weighted by Gasteiger charge is -2.31. The number of hydrogen-bond donors (Lipinski definition) is 0. The molecule has 3 nitrogen and oxygen atoms in total. The summed E-state index contributed by atoms with van der Waals surface area (Å²) in [6, 6.07) is 8.41. The fraction of sp³-hybridized carbons (Fsp3) is 0.357. The molecule has 0 spiro atoms. The zero-order valence-electron chi connectivity index (χ0n) is 10.5. The highest BCUT2D eigenvalue weighted by Gasteiger charge is 2.29. The maximum atomic E-state index is 12.9. The minimum atomic E-state index is -0.230. The maximum absolute atomic E-state index is 12.9. The molecule has 0 atom stereocenters. The largest absolute Gasteiger partial charge is 0.373 e. The Morgan fingerprint density at radius 3 is 2.67 bits per heavy atom. The predicted molar refractivity (Wildman–Crippen MR) is 66.6 cm³/mol. The van der Waals surface area contributed by atoms with Crippen LogP contribution >= 0.6 is 0 Å². The van der Waals surface area contributed by atoms with E-state index < -0.39 is 0 Å². The Bertz CT molecular complexity index is 572. The number of ether oxygens (including phenoxy) is 1. The van der Waals surface area contributed by atoms with Crippen LogP contribution in [0.2, 0.25) is 0 Å². The highest BCUT2D eigenvalue weighted by Crippen LogP contribution is 2.28. The fourth-order valence-electron chi connectivity index (χ4n) is 2.27. The Balaban J connectivity index is 2.05. The van der Waals surface area contributed by atoms with Crippen LogP contribution in [0, 0.1) is 5.82 Å². The molecule has 0 unspecified atom stereocenters. The number of fused-ring (bicyclic) bond motifs is 1. The van der Waals surface area contributed by atoms with E-state index in [4.69, 9.17) is 4.74 Å². The zero-order chi connectivity index (χ0) is 12.8. The molecule has 3 rings (SSSR count). The molecule has 0 aliphatic carbocycles. The fourth-order valence-corrected chi connectivity index (χ4v) is 2.27. The molecule has 1 aliphatic rings. The van der Waals surface area contributed by atoms with Gasteiger partial charge in [-0.15, -0.1) is 0 Å². The Morgan fingerprint density at radius 1 is 1.28 bits per heavy atom. The third kappa shape index (κ3) is 1.82. The maximum Gasteiger partial charge on any atom is 0.123 e. The molecule has 0 saturated heterocycles. The molecule has 2 aromatic rings. The molecule has 1 aliphatic heterocycles. The van der Waals surface area contributed by atoms with E-state index in [2.05, 4.69) is 18.9 Å². The van der Waals surface area contributed by atoms with Crippen molar-refractivity contribution < 1.29 is 9.13 Å². The SMILES string of the molecule is CC1(C)COCc2cc(-c3ccc(F)cc3)nn21. The first-order valence-electron chi connectivity index (χ1n) is 5.99. The molecule has 1 aromatic heterocycles. The quantitative estimate of drug-likeness (QED) is 0.773. The molecule has 0 saturated carbocycles. The van der Waals surface area contributed by atoms with Gasteiger partial charge in [0.05, 0.1) is 30.1 Å². The summed E-state index contributed by atoms with van der Waals surface area (Å²) >= 11 is 0. The van der Waals surface area contributed by atoms with Gasteiger partial charge in [0.25, 0.3) is 0 Å². The van der Waals surface area contributed by atoms with Crippen LogP contribution < -0.4 is 0 Å². The molecule has 18 heavy (non-hydrogen) atoms. The number of benzene rings is 1. The van der Waals surface area contributed by atoms with Gasteiger partial charge < -0.3 is 4.74 Å². The average molecular weight is 246 g/mol. The van der Waals surface area contributed by atoms with Gasteiger partial charge in [0.2, 0.25) is 0 Å². The Kier molecular flexibility index (Phi) is 2.48. The van der Waals surface area contributed by atoms with Crippen molar-refractivity contribution in [1.82, 2.24) is 9.78 Å². The Morgan fingerprint density at radius 2 is 2.00 bits per heavy atom. The van der Waals surface area contributed by atoms with Crippen LogP contribution in [-0.4, -0.2) is 16.4 Å². The van der Waals surface area contributed by atoms with E-state index in [-0.39, 0.29) is 11.4 Å². The zero-order valence-corrected chi connectivity index (χ0v) is 10.5. The van der Waals surface area contributed by atoms with Gasteiger partial charge in [0.15, 0.2) is 0 Å². The van der Waals surface area contributed by atoms with Crippen molar-refractivity contribution in [1.29, 1.82) is 0 Å². The second kappa shape index (κ2) is 3.92. The van der Waals surface area contributed by atoms with E-state index in [0.717, 1.165) is 17.0 Å². The summed E-state index contributed by atoms with van der Waals surface area (Å²) in [7, 11) is 0. The third-order valence-electron chi connectivity index (χ3n) is 3.20. The van der Waals surface area contributed by atoms with Crippen molar-refractivity contribution in [2.75, 3.05) is 6.61 Å². The second-order valence-corrected chi connectivity index (χ2v) is 5.24. The van der Waals surface area contributed by atoms with Crippen molar-refractivity contribution >= 4 is 0 Å². The summed E-state index contributed by atoms with van der Waals surface area (Å²) in [4.78, 5) is 0. The molecule has 94 valence electrons. The molecular formula is C14H15FN2O. The van der Waals surface area contributed by atoms with Gasteiger partial charge in [-0.25, -0.2) is 4.39 Å². The van der Waals surface area contributed by atoms with Gasteiger partial charge in [-0.3, -0.25) is 4.68 Å². The van der Waals surface area contributed by atoms with E-state index in [1.807, 2.05) is 10.7 Å². The van der Waals surface area contributed by atoms with Crippen LogP contribution in [0.5, 0.6) is 0 Å². The normalized spacial score (nSPS) is 17.5. The third-order valence-corrected chi connectivity index (χ3v) is 3.20. The minimum absolute atomic E-state index is 0.133. The summed E-state index contributed by atoms with van der Waals surface area (Å²) in [6.07, 6.45) is 0. The van der Waals surface area contributed by atoms with E-state index in [9.17, 15) is 4.39 Å². The van der Waals surface area contributed by atoms with E-state index >= 15 is 0 Å². The Hall–Kier alpha value is -1.68. The number of nitrogens with zero attached hydrogens (tertiary/aromatic N) is 2. The molecule has 0 radical (unpaired) electrons. The number of rotatable bonds is 1. The molecule has 4 heteroatoms. The highest BCUT2D eigenvalue weighted by atomic mass is 19.1. The van der Waals surface area contributed by atoms with Crippen LogP contribution in [0.3, 0.4) is 0 Å². The summed E-state index contributed by atoms with van der Waals surface area (Å²) in [5.41, 5.74) is 2.72.